The van der Waals surface area contributed by atoms with Crippen molar-refractivity contribution < 1.29 is 37.1 Å². The summed E-state index contributed by atoms with van der Waals surface area (Å²) in [6.45, 7) is 17.3. The van der Waals surface area contributed by atoms with Crippen molar-refractivity contribution in [3.05, 3.63) is 110 Å². The van der Waals surface area contributed by atoms with Gasteiger partial charge in [0.1, 0.15) is 31.4 Å². The minimum Gasteiger partial charge on any atom is -0.780 e. The summed E-state index contributed by atoms with van der Waals surface area (Å²) in [4.78, 5) is 79.5. The lowest BCUT2D eigenvalue weighted by atomic mass is 10.2. The molecule has 0 saturated carbocycles. The fourth-order valence-electron chi connectivity index (χ4n) is 8.42. The van der Waals surface area contributed by atoms with Crippen molar-refractivity contribution in [1.82, 2.24) is 29.1 Å². The van der Waals surface area contributed by atoms with Gasteiger partial charge in [0.25, 0.3) is 19.4 Å². The number of hydrogen-bond acceptors (Lipinski definition) is 14. The summed E-state index contributed by atoms with van der Waals surface area (Å²) < 4.78 is 42.6. The summed E-state index contributed by atoms with van der Waals surface area (Å²) in [5, 5.41) is 4.13. The van der Waals surface area contributed by atoms with Gasteiger partial charge in [0, 0.05) is 30.5 Å². The normalized spacial score (nSPS) is 22.5. The number of H-pyrrole nitrogens is 2. The van der Waals surface area contributed by atoms with Gasteiger partial charge in [-0.3, -0.25) is 38.8 Å². The van der Waals surface area contributed by atoms with Gasteiger partial charge < -0.3 is 32.3 Å². The molecule has 3 N–H and O–H groups in total. The quantitative estimate of drug-likeness (QED) is 0.0864. The van der Waals surface area contributed by atoms with Crippen molar-refractivity contribution in [2.45, 2.75) is 135 Å². The third kappa shape index (κ3) is 10.9. The number of aryl methyl sites for hydroxylation is 1. The molecular formula is C46H63N7O11PSSi2-. The first kappa shape index (κ1) is 51.6. The lowest BCUT2D eigenvalue weighted by Gasteiger charge is -2.44. The second-order valence-corrected chi connectivity index (χ2v) is 32.1. The summed E-state index contributed by atoms with van der Waals surface area (Å²) in [6, 6.07) is 20.2. The summed E-state index contributed by atoms with van der Waals surface area (Å²) >= 11 is 5.65. The monoisotopic (exact) mass is 1010 g/mol. The number of nitrogens with zero attached hydrogens (tertiary/aromatic N) is 4. The number of hydrogen-bond donors (Lipinski definition) is 3. The minimum absolute atomic E-state index is 0.0153. The highest BCUT2D eigenvalue weighted by molar-refractivity contribution is 8.06. The van der Waals surface area contributed by atoms with Crippen molar-refractivity contribution >= 4 is 68.6 Å². The first-order chi connectivity index (χ1) is 31.8. The van der Waals surface area contributed by atoms with Crippen LogP contribution in [-0.4, -0.2) is 89.2 Å². The van der Waals surface area contributed by atoms with Crippen molar-refractivity contribution in [1.29, 1.82) is 0 Å². The number of aromatic nitrogens is 6. The van der Waals surface area contributed by atoms with Gasteiger partial charge in [-0.25, -0.2) is 9.78 Å². The Kier molecular flexibility index (Phi) is 15.1. The molecule has 1 unspecified atom stereocenters. The molecule has 2 aromatic carbocycles. The molecule has 2 aliphatic rings. The van der Waals surface area contributed by atoms with E-state index in [0.29, 0.717) is 5.56 Å². The fraction of sp³-hybridized carbons (Fsp3) is 0.522. The number of anilines is 1. The molecule has 0 spiro atoms. The Bertz CT molecular complexity index is 2790. The van der Waals surface area contributed by atoms with E-state index in [9.17, 15) is 24.1 Å². The number of carbonyl (C=O) groups excluding carboxylic acids is 1. The Hall–Kier alpha value is -4.26. The third-order valence-corrected chi connectivity index (χ3v) is 24.2. The molecule has 2 saturated heterocycles. The first-order valence-corrected chi connectivity index (χ1v) is 30.1. The highest BCUT2D eigenvalue weighted by atomic mass is 32.5. The molecule has 3 aromatic heterocycles. The van der Waals surface area contributed by atoms with Crippen molar-refractivity contribution in [2.24, 2.45) is 5.92 Å². The van der Waals surface area contributed by atoms with Crippen LogP contribution in [-0.2, 0) is 44.0 Å². The highest BCUT2D eigenvalue weighted by Gasteiger charge is 2.52. The van der Waals surface area contributed by atoms with Gasteiger partial charge in [0.15, 0.2) is 19.5 Å². The van der Waals surface area contributed by atoms with E-state index in [1.54, 1.807) is 25.3 Å². The van der Waals surface area contributed by atoms with Crippen LogP contribution in [0, 0.1) is 12.8 Å². The Balaban J connectivity index is 1.21. The largest absolute Gasteiger partial charge is 0.780 e. The number of rotatable bonds is 16. The van der Waals surface area contributed by atoms with Crippen molar-refractivity contribution in [2.75, 3.05) is 18.5 Å². The van der Waals surface area contributed by atoms with Gasteiger partial charge in [-0.1, -0.05) is 128 Å². The summed E-state index contributed by atoms with van der Waals surface area (Å²) in [6.07, 6.45) is -1.85. The standard InChI is InChI=1S/C46H64N7O11PSSi2/c1-28(2)40(54)49-43-48-39-38(42(56)50-43)47-27-53(39)37-22-32(35(62-37)26-60-68(46(7,8)9,30-18-14-12-15-19-30)31-20-16-13-17-21-31)63-65(58,66)59-25-34-33(64-67(10,11)45(4,5)6)23-36(61-34)52-24-29(3)41(55)51-44(52)57/h12-21,24,27-28,32-37H,22-23,25-26H2,1-11H3,(H,58,66)(H,51,55,57)(H2,48,49,50,54,56)/p-1/t32-,33-,34+,35+,36+,37+,65?/m0/s1. The maximum absolute atomic E-state index is 14.5. The van der Waals surface area contributed by atoms with Crippen LogP contribution in [0.1, 0.15) is 86.3 Å². The first-order valence-electron chi connectivity index (χ1n) is 22.8. The number of imidazole rings is 1. The van der Waals surface area contributed by atoms with Crippen LogP contribution in [0.2, 0.25) is 23.2 Å². The van der Waals surface area contributed by atoms with Crippen molar-refractivity contribution in [3.63, 3.8) is 0 Å². The molecule has 68 heavy (non-hydrogen) atoms. The van der Waals surface area contributed by atoms with E-state index in [1.807, 2.05) is 36.4 Å². The molecule has 0 bridgehead atoms. The van der Waals surface area contributed by atoms with E-state index in [4.69, 9.17) is 39.2 Å². The summed E-state index contributed by atoms with van der Waals surface area (Å²) in [5.74, 6) is -0.786. The molecular weight excluding hydrogens is 946 g/mol. The second-order valence-electron chi connectivity index (χ2n) is 20.4. The van der Waals surface area contributed by atoms with Crippen LogP contribution in [0.5, 0.6) is 0 Å². The lowest BCUT2D eigenvalue weighted by molar-refractivity contribution is -0.215. The smallest absolute Gasteiger partial charge is 0.330 e. The summed E-state index contributed by atoms with van der Waals surface area (Å²) in [5.41, 5.74) is -1.22. The molecule has 2 aliphatic heterocycles. The Morgan fingerprint density at radius 2 is 1.46 bits per heavy atom. The zero-order valence-electron chi connectivity index (χ0n) is 40.4. The summed E-state index contributed by atoms with van der Waals surface area (Å²) in [7, 11) is -5.59. The number of carbonyl (C=O) groups is 1. The van der Waals surface area contributed by atoms with Crippen LogP contribution in [0.4, 0.5) is 5.95 Å². The average Bonchev–Trinajstić information content (AvgIpc) is 3.98. The second kappa shape index (κ2) is 19.9. The number of benzene rings is 2. The van der Waals surface area contributed by atoms with E-state index in [1.165, 1.54) is 17.1 Å². The Morgan fingerprint density at radius 3 is 2.03 bits per heavy atom. The number of nitrogens with one attached hydrogen (secondary N) is 3. The fourth-order valence-corrected chi connectivity index (χ4v) is 15.8. The van der Waals surface area contributed by atoms with Gasteiger partial charge in [-0.15, -0.1) is 0 Å². The van der Waals surface area contributed by atoms with Crippen LogP contribution >= 0.6 is 6.72 Å². The number of fused-ring (bicyclic) bond motifs is 1. The van der Waals surface area contributed by atoms with Gasteiger partial charge in [0.2, 0.25) is 11.9 Å². The molecule has 5 aromatic rings. The lowest BCUT2D eigenvalue weighted by Crippen LogP contribution is -2.67. The molecule has 5 heterocycles. The maximum Gasteiger partial charge on any atom is 0.330 e. The molecule has 7 atom stereocenters. The molecule has 18 nitrogen and oxygen atoms in total. The van der Waals surface area contributed by atoms with E-state index < -0.39 is 82.1 Å². The van der Waals surface area contributed by atoms with Gasteiger partial charge >= 0.3 is 5.69 Å². The van der Waals surface area contributed by atoms with E-state index in [2.05, 4.69) is 104 Å². The average molecular weight is 1010 g/mol. The van der Waals surface area contributed by atoms with Crippen LogP contribution in [0.3, 0.4) is 0 Å². The zero-order chi connectivity index (χ0) is 49.6. The molecule has 2 fully saturated rings. The predicted octanol–water partition coefficient (Wildman–Crippen LogP) is 5.10. The molecule has 22 heteroatoms. The van der Waals surface area contributed by atoms with Gasteiger partial charge in [-0.2, -0.15) is 4.98 Å². The highest BCUT2D eigenvalue weighted by Crippen LogP contribution is 2.48. The van der Waals surface area contributed by atoms with E-state index >= 15 is 0 Å². The number of aromatic amines is 2. The van der Waals surface area contributed by atoms with Gasteiger partial charge in [-0.05, 0) is 40.5 Å². The predicted molar refractivity (Wildman–Crippen MR) is 265 cm³/mol. The third-order valence-electron chi connectivity index (χ3n) is 13.1. The zero-order valence-corrected chi connectivity index (χ0v) is 44.1. The van der Waals surface area contributed by atoms with Crippen LogP contribution < -0.4 is 37.4 Å². The molecule has 7 rings (SSSR count). The van der Waals surface area contributed by atoms with E-state index in [0.717, 1.165) is 10.4 Å². The molecule has 0 aliphatic carbocycles. The Morgan fingerprint density at radius 1 is 0.882 bits per heavy atom. The Labute approximate surface area is 402 Å². The minimum atomic E-state index is -4.39. The SMILES string of the molecule is Cc1cn([C@H]2C[C@H](O[Si](C)(C)C(C)(C)C)[C@@H](COP([O-])(=S)O[C@H]3C[C@H](n4cnc5c(=O)[nH]c(NC(=O)C(C)C)nc54)O[C@@H]3CO[Si](c3ccccc3)(c3ccccc3)C(C)(C)C)O2)c(=O)[nH]c1=O. The van der Waals surface area contributed by atoms with E-state index in [-0.39, 0.29) is 60.0 Å². The maximum atomic E-state index is 14.5. The molecule has 1 amide bonds. The van der Waals surface area contributed by atoms with Crippen LogP contribution in [0.15, 0.2) is 87.6 Å². The van der Waals surface area contributed by atoms with Crippen molar-refractivity contribution in [3.8, 4) is 0 Å². The molecule has 368 valence electrons. The van der Waals surface area contributed by atoms with Crippen LogP contribution in [0.25, 0.3) is 11.2 Å². The molecule has 0 radical (unpaired) electrons. The number of amides is 1. The van der Waals surface area contributed by atoms with Gasteiger partial charge in [0.05, 0.1) is 31.7 Å². The topological polar surface area (TPSA) is 226 Å². The number of ether oxygens (including phenoxy) is 2.